The smallest absolute Gasteiger partial charge is 0.316 e. The molecule has 0 saturated heterocycles. The lowest BCUT2D eigenvalue weighted by Crippen LogP contribution is -2.08. The summed E-state index contributed by atoms with van der Waals surface area (Å²) in [6, 6.07) is 30.7. The first-order valence-electron chi connectivity index (χ1n) is 10.2. The second-order valence-corrected chi connectivity index (χ2v) is 8.50. The number of thioether (sulfide) groups is 1. The summed E-state index contributed by atoms with van der Waals surface area (Å²) in [6.07, 6.45) is 0. The number of ether oxygens (including phenoxy) is 1. The van der Waals surface area contributed by atoms with E-state index in [0.29, 0.717) is 21.3 Å². The van der Waals surface area contributed by atoms with Crippen LogP contribution in [0.3, 0.4) is 0 Å². The van der Waals surface area contributed by atoms with Gasteiger partial charge in [-0.2, -0.15) is 5.26 Å². The Bertz CT molecular complexity index is 1310. The number of nitrogens with zero attached hydrogens (tertiary/aromatic N) is 2. The van der Waals surface area contributed by atoms with Crippen LogP contribution >= 0.6 is 23.4 Å². The van der Waals surface area contributed by atoms with Crippen LogP contribution in [0.1, 0.15) is 11.1 Å². The number of rotatable bonds is 7. The molecule has 0 unspecified atom stereocenters. The van der Waals surface area contributed by atoms with Gasteiger partial charge in [0.05, 0.1) is 17.0 Å². The lowest BCUT2D eigenvalue weighted by molar-refractivity contribution is -0.141. The van der Waals surface area contributed by atoms with Crippen LogP contribution in [-0.4, -0.2) is 16.7 Å². The van der Waals surface area contributed by atoms with Gasteiger partial charge in [0.15, 0.2) is 0 Å². The third-order valence-corrected chi connectivity index (χ3v) is 6.18. The molecule has 0 atom stereocenters. The first-order valence-corrected chi connectivity index (χ1v) is 11.6. The molecule has 0 fully saturated rings. The maximum Gasteiger partial charge on any atom is 0.316 e. The Morgan fingerprint density at radius 1 is 0.939 bits per heavy atom. The van der Waals surface area contributed by atoms with E-state index in [-0.39, 0.29) is 18.3 Å². The van der Waals surface area contributed by atoms with Gasteiger partial charge in [-0.15, -0.1) is 0 Å². The molecule has 0 N–H and O–H groups in total. The summed E-state index contributed by atoms with van der Waals surface area (Å²) >= 11 is 7.61. The molecule has 3 aromatic carbocycles. The number of hydrogen-bond donors (Lipinski definition) is 0. The number of aromatic nitrogens is 1. The van der Waals surface area contributed by atoms with Gasteiger partial charge in [-0.1, -0.05) is 102 Å². The van der Waals surface area contributed by atoms with E-state index >= 15 is 0 Å². The second-order valence-electron chi connectivity index (χ2n) is 7.13. The molecular formula is C27H19ClN2O2S. The topological polar surface area (TPSA) is 63.0 Å². The van der Waals surface area contributed by atoms with Crippen molar-refractivity contribution in [1.82, 2.24) is 4.98 Å². The monoisotopic (exact) mass is 470 g/mol. The maximum atomic E-state index is 12.4. The molecule has 4 nitrogen and oxygen atoms in total. The lowest BCUT2D eigenvalue weighted by atomic mass is 9.99. The molecule has 0 spiro atoms. The van der Waals surface area contributed by atoms with E-state index in [9.17, 15) is 10.1 Å². The van der Waals surface area contributed by atoms with Crippen LogP contribution in [0, 0.1) is 11.3 Å². The zero-order valence-electron chi connectivity index (χ0n) is 17.6. The van der Waals surface area contributed by atoms with Gasteiger partial charge in [0.2, 0.25) is 0 Å². The highest BCUT2D eigenvalue weighted by molar-refractivity contribution is 7.99. The van der Waals surface area contributed by atoms with E-state index in [2.05, 4.69) is 6.07 Å². The number of carbonyl (C=O) groups is 1. The van der Waals surface area contributed by atoms with E-state index in [1.165, 1.54) is 11.8 Å². The molecule has 0 aliphatic heterocycles. The summed E-state index contributed by atoms with van der Waals surface area (Å²) in [4.78, 5) is 17.1. The van der Waals surface area contributed by atoms with Crippen molar-refractivity contribution in [2.45, 2.75) is 11.6 Å². The normalized spacial score (nSPS) is 10.4. The average Bonchev–Trinajstić information content (AvgIpc) is 2.87. The zero-order chi connectivity index (χ0) is 23.0. The van der Waals surface area contributed by atoms with Gasteiger partial charge < -0.3 is 4.74 Å². The SMILES string of the molecule is N#Cc1c(-c2ccccc2)cc(-c2ccccc2Cl)nc1SCC(=O)OCc1ccccc1. The number of carbonyl (C=O) groups excluding carboxylic acids is 1. The van der Waals surface area contributed by atoms with Crippen molar-refractivity contribution in [2.24, 2.45) is 0 Å². The zero-order valence-corrected chi connectivity index (χ0v) is 19.1. The quantitative estimate of drug-likeness (QED) is 0.220. The van der Waals surface area contributed by atoms with Crippen LogP contribution in [0.4, 0.5) is 0 Å². The average molecular weight is 471 g/mol. The van der Waals surface area contributed by atoms with E-state index in [1.807, 2.05) is 84.9 Å². The van der Waals surface area contributed by atoms with Gasteiger partial charge in [-0.25, -0.2) is 4.98 Å². The van der Waals surface area contributed by atoms with E-state index in [0.717, 1.165) is 22.3 Å². The fraction of sp³-hybridized carbons (Fsp3) is 0.0741. The van der Waals surface area contributed by atoms with Gasteiger partial charge in [0.25, 0.3) is 0 Å². The number of halogens is 1. The minimum Gasteiger partial charge on any atom is -0.460 e. The van der Waals surface area contributed by atoms with Crippen LogP contribution in [0.5, 0.6) is 0 Å². The van der Waals surface area contributed by atoms with Crippen molar-refractivity contribution in [3.63, 3.8) is 0 Å². The molecule has 0 amide bonds. The summed E-state index contributed by atoms with van der Waals surface area (Å²) in [7, 11) is 0. The van der Waals surface area contributed by atoms with Crippen LogP contribution in [-0.2, 0) is 16.1 Å². The van der Waals surface area contributed by atoms with Gasteiger partial charge in [0, 0.05) is 16.1 Å². The van der Waals surface area contributed by atoms with Crippen molar-refractivity contribution in [3.8, 4) is 28.5 Å². The highest BCUT2D eigenvalue weighted by atomic mass is 35.5. The van der Waals surface area contributed by atoms with Crippen LogP contribution < -0.4 is 0 Å². The fourth-order valence-electron chi connectivity index (χ4n) is 3.29. The van der Waals surface area contributed by atoms with Crippen molar-refractivity contribution in [2.75, 3.05) is 5.75 Å². The van der Waals surface area contributed by atoms with Crippen molar-refractivity contribution in [1.29, 1.82) is 5.26 Å². The number of nitriles is 1. The Morgan fingerprint density at radius 3 is 2.30 bits per heavy atom. The van der Waals surface area contributed by atoms with E-state index < -0.39 is 0 Å². The molecule has 4 aromatic rings. The van der Waals surface area contributed by atoms with Crippen molar-refractivity contribution < 1.29 is 9.53 Å². The summed E-state index contributed by atoms with van der Waals surface area (Å²) in [5, 5.41) is 11.0. The molecule has 1 heterocycles. The summed E-state index contributed by atoms with van der Waals surface area (Å²) in [5.41, 5.74) is 4.35. The molecule has 33 heavy (non-hydrogen) atoms. The molecule has 4 rings (SSSR count). The lowest BCUT2D eigenvalue weighted by Gasteiger charge is -2.13. The Labute approximate surface area is 201 Å². The second kappa shape index (κ2) is 10.8. The van der Waals surface area contributed by atoms with Crippen molar-refractivity contribution >= 4 is 29.3 Å². The maximum absolute atomic E-state index is 12.4. The molecule has 6 heteroatoms. The largest absolute Gasteiger partial charge is 0.460 e. The van der Waals surface area contributed by atoms with E-state index in [4.69, 9.17) is 21.3 Å². The van der Waals surface area contributed by atoms with Crippen LogP contribution in [0.25, 0.3) is 22.4 Å². The standard InChI is InChI=1S/C27H19ClN2O2S/c28-24-14-8-7-13-21(24)25-15-22(20-11-5-2-6-12-20)23(16-29)27(30-25)33-18-26(31)32-17-19-9-3-1-4-10-19/h1-15H,17-18H2. The first kappa shape index (κ1) is 22.6. The minimum atomic E-state index is -0.376. The number of hydrogen-bond acceptors (Lipinski definition) is 5. The summed E-state index contributed by atoms with van der Waals surface area (Å²) < 4.78 is 5.38. The first-order chi connectivity index (χ1) is 16.2. The van der Waals surface area contributed by atoms with E-state index in [1.54, 1.807) is 6.07 Å². The Hall–Kier alpha value is -3.59. The molecule has 0 bridgehead atoms. The summed E-state index contributed by atoms with van der Waals surface area (Å²) in [6.45, 7) is 0.202. The van der Waals surface area contributed by atoms with Gasteiger partial charge in [0.1, 0.15) is 17.7 Å². The molecule has 162 valence electrons. The van der Waals surface area contributed by atoms with Gasteiger partial charge in [-0.3, -0.25) is 4.79 Å². The highest BCUT2D eigenvalue weighted by Crippen LogP contribution is 2.36. The van der Waals surface area contributed by atoms with Gasteiger partial charge in [-0.05, 0) is 23.3 Å². The molecule has 1 aromatic heterocycles. The molecule has 0 saturated carbocycles. The molecular weight excluding hydrogens is 452 g/mol. The summed E-state index contributed by atoms with van der Waals surface area (Å²) in [5.74, 6) is -0.340. The van der Waals surface area contributed by atoms with Crippen LogP contribution in [0.2, 0.25) is 5.02 Å². The van der Waals surface area contributed by atoms with Crippen molar-refractivity contribution in [3.05, 3.63) is 107 Å². The molecule has 0 aliphatic rings. The number of benzene rings is 3. The highest BCUT2D eigenvalue weighted by Gasteiger charge is 2.18. The predicted molar refractivity (Wildman–Crippen MR) is 132 cm³/mol. The Kier molecular flexibility index (Phi) is 7.41. The minimum absolute atomic E-state index is 0.0364. The fourth-order valence-corrected chi connectivity index (χ4v) is 4.33. The van der Waals surface area contributed by atoms with Gasteiger partial charge >= 0.3 is 5.97 Å². The number of esters is 1. The van der Waals surface area contributed by atoms with Crippen LogP contribution in [0.15, 0.2) is 96.0 Å². The Morgan fingerprint density at radius 2 is 1.61 bits per heavy atom. The third kappa shape index (κ3) is 5.61. The third-order valence-electron chi connectivity index (χ3n) is 4.90. The molecule has 0 radical (unpaired) electrons. The molecule has 0 aliphatic carbocycles. The predicted octanol–water partition coefficient (Wildman–Crippen LogP) is 6.78. The Balaban J connectivity index is 1.64. The number of pyridine rings is 1.